The lowest BCUT2D eigenvalue weighted by molar-refractivity contribution is 0.534. The molecule has 0 aromatic carbocycles. The second kappa shape index (κ2) is 6.06. The van der Waals surface area contributed by atoms with E-state index in [1.165, 1.54) is 5.56 Å². The molecule has 1 N–H and O–H groups in total. The van der Waals surface area contributed by atoms with Crippen LogP contribution >= 0.6 is 15.9 Å². The zero-order valence-corrected chi connectivity index (χ0v) is 12.1. The molecule has 2 heterocycles. The van der Waals surface area contributed by atoms with E-state index < -0.39 is 0 Å². The third-order valence-electron chi connectivity index (χ3n) is 2.63. The van der Waals surface area contributed by atoms with Gasteiger partial charge in [-0.1, -0.05) is 12.1 Å². The van der Waals surface area contributed by atoms with Gasteiger partial charge in [0.25, 0.3) is 0 Å². The van der Waals surface area contributed by atoms with Crippen LogP contribution in [-0.4, -0.2) is 26.5 Å². The molecule has 0 aliphatic carbocycles. The summed E-state index contributed by atoms with van der Waals surface area (Å²) in [5.74, 6) is 0. The average molecular weight is 310 g/mol. The Kier molecular flexibility index (Phi) is 4.43. The number of pyridine rings is 1. The topological polar surface area (TPSA) is 55.6 Å². The molecule has 0 fully saturated rings. The molecule has 1 atom stereocenters. The van der Waals surface area contributed by atoms with E-state index in [1.807, 2.05) is 19.4 Å². The van der Waals surface area contributed by atoms with Crippen molar-refractivity contribution in [2.45, 2.75) is 19.4 Å². The molecule has 2 rings (SSSR count). The number of likely N-dealkylation sites (N-methyl/N-ethyl adjacent to an activating group) is 1. The Hall–Kier alpha value is -1.27. The Balaban J connectivity index is 2.16. The zero-order chi connectivity index (χ0) is 13.0. The molecule has 0 spiro atoms. The average Bonchev–Trinajstić information content (AvgIpc) is 2.75. The minimum absolute atomic E-state index is 0.166. The number of halogens is 1. The van der Waals surface area contributed by atoms with E-state index in [0.717, 1.165) is 23.1 Å². The maximum absolute atomic E-state index is 4.18. The molecule has 0 aliphatic heterocycles. The molecule has 18 heavy (non-hydrogen) atoms. The first-order valence-electron chi connectivity index (χ1n) is 5.88. The molecule has 96 valence electrons. The predicted molar refractivity (Wildman–Crippen MR) is 73.1 cm³/mol. The predicted octanol–water partition coefficient (Wildman–Crippen LogP) is 1.87. The van der Waals surface area contributed by atoms with Gasteiger partial charge in [-0.2, -0.15) is 0 Å². The Morgan fingerprint density at radius 1 is 1.44 bits per heavy atom. The van der Waals surface area contributed by atoms with Gasteiger partial charge in [-0.3, -0.25) is 9.67 Å². The van der Waals surface area contributed by atoms with E-state index in [9.17, 15) is 0 Å². The summed E-state index contributed by atoms with van der Waals surface area (Å²) in [6.07, 6.45) is 6.46. The minimum Gasteiger partial charge on any atom is -0.309 e. The molecular weight excluding hydrogens is 294 g/mol. The first-order chi connectivity index (χ1) is 8.69. The van der Waals surface area contributed by atoms with Crippen molar-refractivity contribution in [1.29, 1.82) is 0 Å². The molecule has 2 aromatic rings. The van der Waals surface area contributed by atoms with Crippen LogP contribution in [0.4, 0.5) is 0 Å². The van der Waals surface area contributed by atoms with Crippen LogP contribution in [0.5, 0.6) is 0 Å². The monoisotopic (exact) mass is 309 g/mol. The number of hydrogen-bond donors (Lipinski definition) is 1. The number of nitrogens with one attached hydrogen (secondary N) is 1. The Labute approximate surface area is 115 Å². The van der Waals surface area contributed by atoms with Gasteiger partial charge in [-0.05, 0) is 40.5 Å². The Morgan fingerprint density at radius 3 is 2.89 bits per heavy atom. The summed E-state index contributed by atoms with van der Waals surface area (Å²) in [5.41, 5.74) is 2.13. The van der Waals surface area contributed by atoms with Gasteiger partial charge >= 0.3 is 0 Å². The van der Waals surface area contributed by atoms with Gasteiger partial charge in [0.1, 0.15) is 0 Å². The SMILES string of the molecule is CCNC(Cc1cncc(Br)c1)c1cn(C)nn1. The van der Waals surface area contributed by atoms with Crippen molar-refractivity contribution in [3.8, 4) is 0 Å². The molecule has 2 aromatic heterocycles. The number of hydrogen-bond acceptors (Lipinski definition) is 4. The molecular formula is C12H16BrN5. The summed E-state index contributed by atoms with van der Waals surface area (Å²) in [5, 5.41) is 11.6. The highest BCUT2D eigenvalue weighted by Gasteiger charge is 2.14. The maximum atomic E-state index is 4.18. The van der Waals surface area contributed by atoms with Crippen molar-refractivity contribution in [3.63, 3.8) is 0 Å². The molecule has 5 nitrogen and oxygen atoms in total. The van der Waals surface area contributed by atoms with Crippen LogP contribution in [0.1, 0.15) is 24.2 Å². The van der Waals surface area contributed by atoms with Crippen LogP contribution in [0.15, 0.2) is 29.1 Å². The lowest BCUT2D eigenvalue weighted by Crippen LogP contribution is -2.23. The van der Waals surface area contributed by atoms with E-state index >= 15 is 0 Å². The van der Waals surface area contributed by atoms with Gasteiger partial charge in [-0.15, -0.1) is 5.10 Å². The van der Waals surface area contributed by atoms with Crippen LogP contribution in [0, 0.1) is 0 Å². The van der Waals surface area contributed by atoms with Crippen molar-refractivity contribution >= 4 is 15.9 Å². The van der Waals surface area contributed by atoms with E-state index in [4.69, 9.17) is 0 Å². The molecule has 0 amide bonds. The van der Waals surface area contributed by atoms with Gasteiger partial charge in [0.15, 0.2) is 0 Å². The van der Waals surface area contributed by atoms with Crippen molar-refractivity contribution < 1.29 is 0 Å². The smallest absolute Gasteiger partial charge is 0.0999 e. The maximum Gasteiger partial charge on any atom is 0.0999 e. The molecule has 1 unspecified atom stereocenters. The summed E-state index contributed by atoms with van der Waals surface area (Å²) < 4.78 is 2.72. The Morgan fingerprint density at radius 2 is 2.28 bits per heavy atom. The number of rotatable bonds is 5. The number of aryl methyl sites for hydroxylation is 1. The van der Waals surface area contributed by atoms with E-state index in [2.05, 4.69) is 49.5 Å². The van der Waals surface area contributed by atoms with Crippen LogP contribution in [0.2, 0.25) is 0 Å². The van der Waals surface area contributed by atoms with Crippen LogP contribution in [-0.2, 0) is 13.5 Å². The summed E-state index contributed by atoms with van der Waals surface area (Å²) in [7, 11) is 1.88. The molecule has 0 saturated carbocycles. The highest BCUT2D eigenvalue weighted by molar-refractivity contribution is 9.10. The number of aromatic nitrogens is 4. The van der Waals surface area contributed by atoms with Crippen LogP contribution in [0.3, 0.4) is 0 Å². The molecule has 6 heteroatoms. The van der Waals surface area contributed by atoms with Crippen molar-refractivity contribution in [2.24, 2.45) is 7.05 Å². The molecule has 0 bridgehead atoms. The van der Waals surface area contributed by atoms with Gasteiger partial charge in [0.05, 0.1) is 11.7 Å². The summed E-state index contributed by atoms with van der Waals surface area (Å²) in [6, 6.07) is 2.24. The first-order valence-corrected chi connectivity index (χ1v) is 6.67. The second-order valence-corrected chi connectivity index (χ2v) is 5.06. The van der Waals surface area contributed by atoms with E-state index in [-0.39, 0.29) is 6.04 Å². The van der Waals surface area contributed by atoms with Gasteiger partial charge in [0, 0.05) is 30.1 Å². The van der Waals surface area contributed by atoms with Crippen molar-refractivity contribution in [1.82, 2.24) is 25.3 Å². The fourth-order valence-corrected chi connectivity index (χ4v) is 2.27. The van der Waals surface area contributed by atoms with Crippen LogP contribution < -0.4 is 5.32 Å². The van der Waals surface area contributed by atoms with E-state index in [1.54, 1.807) is 10.9 Å². The lowest BCUT2D eigenvalue weighted by atomic mass is 10.1. The van der Waals surface area contributed by atoms with Crippen molar-refractivity contribution in [2.75, 3.05) is 6.54 Å². The third-order valence-corrected chi connectivity index (χ3v) is 3.06. The first kappa shape index (κ1) is 13.2. The molecule has 0 saturated heterocycles. The summed E-state index contributed by atoms with van der Waals surface area (Å²) >= 11 is 3.44. The lowest BCUT2D eigenvalue weighted by Gasteiger charge is -2.15. The van der Waals surface area contributed by atoms with Crippen LogP contribution in [0.25, 0.3) is 0 Å². The van der Waals surface area contributed by atoms with Gasteiger partial charge in [0.2, 0.25) is 0 Å². The summed E-state index contributed by atoms with van der Waals surface area (Å²) in [4.78, 5) is 4.18. The highest BCUT2D eigenvalue weighted by Crippen LogP contribution is 2.18. The normalized spacial score (nSPS) is 12.6. The highest BCUT2D eigenvalue weighted by atomic mass is 79.9. The summed E-state index contributed by atoms with van der Waals surface area (Å²) in [6.45, 7) is 2.98. The fraction of sp³-hybridized carbons (Fsp3) is 0.417. The van der Waals surface area contributed by atoms with Crippen molar-refractivity contribution in [3.05, 3.63) is 40.4 Å². The third kappa shape index (κ3) is 3.36. The number of nitrogens with zero attached hydrogens (tertiary/aromatic N) is 4. The largest absolute Gasteiger partial charge is 0.309 e. The Bertz CT molecular complexity index is 511. The van der Waals surface area contributed by atoms with E-state index in [0.29, 0.717) is 0 Å². The standard InChI is InChI=1S/C12H16BrN5/c1-3-15-11(12-8-18(2)17-16-12)5-9-4-10(13)7-14-6-9/h4,6-8,11,15H,3,5H2,1-2H3. The second-order valence-electron chi connectivity index (χ2n) is 4.14. The molecule has 0 radical (unpaired) electrons. The minimum atomic E-state index is 0.166. The zero-order valence-electron chi connectivity index (χ0n) is 10.5. The molecule has 0 aliphatic rings. The quantitative estimate of drug-likeness (QED) is 0.916. The van der Waals surface area contributed by atoms with Gasteiger partial charge < -0.3 is 5.32 Å². The fourth-order valence-electron chi connectivity index (χ4n) is 1.86. The van der Waals surface area contributed by atoms with Gasteiger partial charge in [-0.25, -0.2) is 0 Å².